The Hall–Kier alpha value is -4.52. The molecule has 6 rings (SSSR count). The predicted molar refractivity (Wildman–Crippen MR) is 124 cm³/mol. The largest absolute Gasteiger partial charge is 0.423 e. The van der Waals surface area contributed by atoms with Crippen molar-refractivity contribution < 1.29 is 14.0 Å². The second kappa shape index (κ2) is 7.27. The van der Waals surface area contributed by atoms with E-state index in [1.807, 2.05) is 48.5 Å². The number of amides is 2. The van der Waals surface area contributed by atoms with Gasteiger partial charge in [0, 0.05) is 17.0 Å². The van der Waals surface area contributed by atoms with Gasteiger partial charge in [-0.15, -0.1) is 0 Å². The van der Waals surface area contributed by atoms with Crippen LogP contribution >= 0.6 is 0 Å². The summed E-state index contributed by atoms with van der Waals surface area (Å²) in [5.74, 6) is -1.58. The van der Waals surface area contributed by atoms with Crippen LogP contribution in [0.3, 0.4) is 0 Å². The summed E-state index contributed by atoms with van der Waals surface area (Å²) in [5.41, 5.74) is 1.92. The lowest BCUT2D eigenvalue weighted by Crippen LogP contribution is -2.39. The van der Waals surface area contributed by atoms with Crippen LogP contribution in [0.25, 0.3) is 11.0 Å². The van der Waals surface area contributed by atoms with Gasteiger partial charge in [0.15, 0.2) is 0 Å². The summed E-state index contributed by atoms with van der Waals surface area (Å²) >= 11 is 0. The van der Waals surface area contributed by atoms with Gasteiger partial charge in [0.05, 0.1) is 17.1 Å². The Balaban J connectivity index is 1.57. The Bertz CT molecular complexity index is 1490. The third-order valence-corrected chi connectivity index (χ3v) is 6.01. The number of carbonyl (C=O) groups excluding carboxylic acids is 2. The monoisotopic (exact) mass is 435 g/mol. The molecule has 0 spiro atoms. The smallest absolute Gasteiger partial charge is 0.336 e. The molecule has 33 heavy (non-hydrogen) atoms. The van der Waals surface area contributed by atoms with Crippen LogP contribution in [0.1, 0.15) is 5.56 Å². The molecule has 0 saturated carbocycles. The molecule has 7 nitrogen and oxygen atoms in total. The summed E-state index contributed by atoms with van der Waals surface area (Å²) in [5, 5.41) is 6.98. The first-order chi connectivity index (χ1) is 16.1. The zero-order chi connectivity index (χ0) is 22.5. The van der Waals surface area contributed by atoms with Crippen molar-refractivity contribution >= 4 is 39.9 Å². The van der Waals surface area contributed by atoms with Gasteiger partial charge in [-0.2, -0.15) is 5.10 Å². The Labute approximate surface area is 188 Å². The van der Waals surface area contributed by atoms with Crippen LogP contribution in [0.2, 0.25) is 0 Å². The predicted octanol–water partition coefficient (Wildman–Crippen LogP) is 3.58. The Kier molecular flexibility index (Phi) is 4.23. The Morgan fingerprint density at radius 3 is 2.09 bits per heavy atom. The molecule has 160 valence electrons. The average molecular weight is 435 g/mol. The van der Waals surface area contributed by atoms with Crippen molar-refractivity contribution in [1.82, 2.24) is 0 Å². The van der Waals surface area contributed by atoms with Crippen molar-refractivity contribution in [3.63, 3.8) is 0 Å². The maximum Gasteiger partial charge on any atom is 0.336 e. The molecule has 3 heterocycles. The highest BCUT2D eigenvalue weighted by Gasteiger charge is 2.57. The standard InChI is InChI=1S/C26H17N3O4/c30-21-15-19(18-13-7-8-14-20(18)33-21)23-22-24(29(27-23)17-11-5-2-6-12-17)26(32)28(25(22)31)16-9-3-1-4-10-16/h1-15,22,24H. The van der Waals surface area contributed by atoms with Gasteiger partial charge in [0.25, 0.3) is 5.91 Å². The molecule has 0 radical (unpaired) electrons. The van der Waals surface area contributed by atoms with E-state index in [-0.39, 0.29) is 11.8 Å². The van der Waals surface area contributed by atoms with Gasteiger partial charge >= 0.3 is 5.63 Å². The van der Waals surface area contributed by atoms with Gasteiger partial charge in [-0.05, 0) is 30.3 Å². The fourth-order valence-electron chi connectivity index (χ4n) is 4.59. The van der Waals surface area contributed by atoms with E-state index in [1.165, 1.54) is 11.0 Å². The van der Waals surface area contributed by atoms with Gasteiger partial charge in [0.2, 0.25) is 5.91 Å². The molecular weight excluding hydrogens is 418 g/mol. The van der Waals surface area contributed by atoms with Gasteiger partial charge in [-0.25, -0.2) is 9.69 Å². The van der Waals surface area contributed by atoms with Crippen molar-refractivity contribution in [3.8, 4) is 0 Å². The fraction of sp³-hybridized carbons (Fsp3) is 0.0769. The molecule has 7 heteroatoms. The normalized spacial score (nSPS) is 19.8. The van der Waals surface area contributed by atoms with E-state index in [0.717, 1.165) is 0 Å². The summed E-state index contributed by atoms with van der Waals surface area (Å²) in [6.45, 7) is 0. The number of rotatable bonds is 3. The second-order valence-electron chi connectivity index (χ2n) is 7.91. The van der Waals surface area contributed by atoms with E-state index in [1.54, 1.807) is 41.4 Å². The SMILES string of the molecule is O=C1C2C(c3cc(=O)oc4ccccc34)=NN(c3ccccc3)C2C(=O)N1c1ccccc1. The molecule has 4 aromatic rings. The molecule has 2 atom stereocenters. The van der Waals surface area contributed by atoms with E-state index < -0.39 is 17.6 Å². The van der Waals surface area contributed by atoms with Crippen molar-refractivity contribution in [3.05, 3.63) is 107 Å². The second-order valence-corrected chi connectivity index (χ2v) is 7.91. The van der Waals surface area contributed by atoms with E-state index in [9.17, 15) is 14.4 Å². The molecule has 2 unspecified atom stereocenters. The minimum Gasteiger partial charge on any atom is -0.423 e. The molecule has 3 aromatic carbocycles. The van der Waals surface area contributed by atoms with E-state index in [2.05, 4.69) is 0 Å². The molecule has 1 fully saturated rings. The number of fused-ring (bicyclic) bond motifs is 2. The minimum absolute atomic E-state index is 0.355. The summed E-state index contributed by atoms with van der Waals surface area (Å²) < 4.78 is 5.34. The fourth-order valence-corrected chi connectivity index (χ4v) is 4.59. The highest BCUT2D eigenvalue weighted by atomic mass is 16.4. The lowest BCUT2D eigenvalue weighted by atomic mass is 9.91. The molecule has 2 aliphatic rings. The molecular formula is C26H17N3O4. The number of nitrogens with zero attached hydrogens (tertiary/aromatic N) is 3. The zero-order valence-corrected chi connectivity index (χ0v) is 17.3. The number of hydrogen-bond acceptors (Lipinski definition) is 6. The molecule has 2 amide bonds. The van der Waals surface area contributed by atoms with Crippen LogP contribution in [-0.2, 0) is 9.59 Å². The highest BCUT2D eigenvalue weighted by molar-refractivity contribution is 6.35. The van der Waals surface area contributed by atoms with Crippen molar-refractivity contribution in [2.75, 3.05) is 9.91 Å². The molecule has 1 saturated heterocycles. The highest BCUT2D eigenvalue weighted by Crippen LogP contribution is 2.40. The molecule has 0 N–H and O–H groups in total. The van der Waals surface area contributed by atoms with Crippen LogP contribution in [0.4, 0.5) is 11.4 Å². The van der Waals surface area contributed by atoms with Crippen molar-refractivity contribution in [1.29, 1.82) is 0 Å². The van der Waals surface area contributed by atoms with Crippen molar-refractivity contribution in [2.24, 2.45) is 11.0 Å². The van der Waals surface area contributed by atoms with Gasteiger partial charge in [0.1, 0.15) is 17.5 Å². The van der Waals surface area contributed by atoms with E-state index in [0.29, 0.717) is 33.6 Å². The van der Waals surface area contributed by atoms with Crippen LogP contribution in [0.5, 0.6) is 0 Å². The Morgan fingerprint density at radius 1 is 0.727 bits per heavy atom. The summed E-state index contributed by atoms with van der Waals surface area (Å²) in [7, 11) is 0. The first kappa shape index (κ1) is 19.2. The number of para-hydroxylation sites is 3. The summed E-state index contributed by atoms with van der Waals surface area (Å²) in [4.78, 5) is 40.8. The zero-order valence-electron chi connectivity index (χ0n) is 17.3. The minimum atomic E-state index is -0.858. The first-order valence-corrected chi connectivity index (χ1v) is 10.5. The lowest BCUT2D eigenvalue weighted by molar-refractivity contribution is -0.121. The van der Waals surface area contributed by atoms with Crippen molar-refractivity contribution in [2.45, 2.75) is 6.04 Å². The van der Waals surface area contributed by atoms with Crippen LogP contribution in [0, 0.1) is 5.92 Å². The van der Waals surface area contributed by atoms with Gasteiger partial charge in [-0.1, -0.05) is 54.6 Å². The molecule has 0 bridgehead atoms. The molecule has 2 aliphatic heterocycles. The third kappa shape index (κ3) is 2.90. The van der Waals surface area contributed by atoms with E-state index in [4.69, 9.17) is 9.52 Å². The van der Waals surface area contributed by atoms with Crippen LogP contribution in [0.15, 0.2) is 105 Å². The quantitative estimate of drug-likeness (QED) is 0.363. The number of hydrogen-bond donors (Lipinski definition) is 0. The van der Waals surface area contributed by atoms with Gasteiger partial charge < -0.3 is 4.42 Å². The average Bonchev–Trinajstić information content (AvgIpc) is 3.36. The van der Waals surface area contributed by atoms with Crippen LogP contribution < -0.4 is 15.5 Å². The number of anilines is 2. The summed E-state index contributed by atoms with van der Waals surface area (Å²) in [6, 6.07) is 25.7. The van der Waals surface area contributed by atoms with Gasteiger partial charge in [-0.3, -0.25) is 14.6 Å². The van der Waals surface area contributed by atoms with E-state index >= 15 is 0 Å². The maximum atomic E-state index is 13.7. The topological polar surface area (TPSA) is 83.2 Å². The maximum absolute atomic E-state index is 13.7. The first-order valence-electron chi connectivity index (χ1n) is 10.5. The summed E-state index contributed by atoms with van der Waals surface area (Å²) in [6.07, 6.45) is 0. The number of imide groups is 1. The number of carbonyl (C=O) groups is 2. The number of benzene rings is 3. The number of hydrazone groups is 1. The molecule has 0 aliphatic carbocycles. The lowest BCUT2D eigenvalue weighted by Gasteiger charge is -2.22. The Morgan fingerprint density at radius 2 is 1.36 bits per heavy atom. The van der Waals surface area contributed by atoms with Crippen LogP contribution in [-0.4, -0.2) is 23.6 Å². The molecule has 1 aromatic heterocycles. The third-order valence-electron chi connectivity index (χ3n) is 6.01.